The summed E-state index contributed by atoms with van der Waals surface area (Å²) in [6, 6.07) is 8.75. The predicted octanol–water partition coefficient (Wildman–Crippen LogP) is 2.74. The first-order chi connectivity index (χ1) is 9.69. The van der Waals surface area contributed by atoms with Crippen molar-refractivity contribution in [3.05, 3.63) is 35.4 Å². The Morgan fingerprint density at radius 2 is 2.10 bits per heavy atom. The van der Waals surface area contributed by atoms with E-state index < -0.39 is 0 Å². The van der Waals surface area contributed by atoms with Gasteiger partial charge in [0.1, 0.15) is 0 Å². The number of benzene rings is 1. The van der Waals surface area contributed by atoms with Gasteiger partial charge in [-0.05, 0) is 50.8 Å². The van der Waals surface area contributed by atoms with Crippen LogP contribution >= 0.6 is 0 Å². The third-order valence-corrected chi connectivity index (χ3v) is 4.27. The molecule has 2 rings (SSSR count). The summed E-state index contributed by atoms with van der Waals surface area (Å²) in [5.41, 5.74) is 8.85. The van der Waals surface area contributed by atoms with Crippen molar-refractivity contribution in [1.29, 1.82) is 0 Å². The van der Waals surface area contributed by atoms with Gasteiger partial charge in [0, 0.05) is 19.7 Å². The number of piperidine rings is 1. The lowest BCUT2D eigenvalue weighted by Gasteiger charge is -2.33. The summed E-state index contributed by atoms with van der Waals surface area (Å²) in [7, 11) is 1.80. The molecule has 2 unspecified atom stereocenters. The van der Waals surface area contributed by atoms with Gasteiger partial charge in [-0.25, -0.2) is 0 Å². The number of aryl methyl sites for hydroxylation is 1. The van der Waals surface area contributed by atoms with Crippen molar-refractivity contribution in [2.24, 2.45) is 11.7 Å². The van der Waals surface area contributed by atoms with Gasteiger partial charge in [0.15, 0.2) is 0 Å². The average Bonchev–Trinajstić information content (AvgIpc) is 2.46. The molecule has 20 heavy (non-hydrogen) atoms. The molecule has 0 aromatic heterocycles. The minimum Gasteiger partial charge on any atom is -0.384 e. The van der Waals surface area contributed by atoms with Gasteiger partial charge >= 0.3 is 0 Å². The Balaban J connectivity index is 1.78. The summed E-state index contributed by atoms with van der Waals surface area (Å²) in [6.45, 7) is 6.46. The maximum absolute atomic E-state index is 6.30. The summed E-state index contributed by atoms with van der Waals surface area (Å²) < 4.78 is 5.28. The van der Waals surface area contributed by atoms with Crippen molar-refractivity contribution in [1.82, 2.24) is 4.90 Å². The Kier molecular flexibility index (Phi) is 6.02. The zero-order valence-corrected chi connectivity index (χ0v) is 12.8. The summed E-state index contributed by atoms with van der Waals surface area (Å²) in [4.78, 5) is 2.54. The SMILES string of the molecule is COCC1CCCN(CCC(N)c2ccc(C)cc2)C1. The van der Waals surface area contributed by atoms with Crippen LogP contribution in [0.25, 0.3) is 0 Å². The first-order valence-electron chi connectivity index (χ1n) is 7.72. The number of nitrogens with zero attached hydrogens (tertiary/aromatic N) is 1. The molecule has 3 nitrogen and oxygen atoms in total. The molecule has 0 aliphatic carbocycles. The van der Waals surface area contributed by atoms with Crippen LogP contribution in [0.4, 0.5) is 0 Å². The van der Waals surface area contributed by atoms with E-state index in [0.29, 0.717) is 5.92 Å². The molecule has 0 amide bonds. The van der Waals surface area contributed by atoms with Crippen molar-refractivity contribution in [2.45, 2.75) is 32.2 Å². The second-order valence-corrected chi connectivity index (χ2v) is 6.07. The Bertz CT molecular complexity index is 388. The van der Waals surface area contributed by atoms with E-state index in [2.05, 4.69) is 36.1 Å². The van der Waals surface area contributed by atoms with E-state index in [4.69, 9.17) is 10.5 Å². The molecule has 0 saturated carbocycles. The lowest BCUT2D eigenvalue weighted by molar-refractivity contribution is 0.0892. The maximum atomic E-state index is 6.30. The minimum atomic E-state index is 0.151. The Hall–Kier alpha value is -0.900. The zero-order valence-electron chi connectivity index (χ0n) is 12.8. The Labute approximate surface area is 123 Å². The highest BCUT2D eigenvalue weighted by molar-refractivity contribution is 5.23. The molecule has 3 heteroatoms. The first-order valence-corrected chi connectivity index (χ1v) is 7.72. The Morgan fingerprint density at radius 1 is 1.35 bits per heavy atom. The maximum Gasteiger partial charge on any atom is 0.0502 e. The molecule has 1 aliphatic heterocycles. The standard InChI is InChI=1S/C17H28N2O/c1-14-5-7-16(8-6-14)17(18)9-11-19-10-3-4-15(12-19)13-20-2/h5-8,15,17H,3-4,9-13,18H2,1-2H3. The fourth-order valence-corrected chi connectivity index (χ4v) is 3.03. The smallest absolute Gasteiger partial charge is 0.0502 e. The van der Waals surface area contributed by atoms with Gasteiger partial charge in [0.25, 0.3) is 0 Å². The van der Waals surface area contributed by atoms with E-state index in [9.17, 15) is 0 Å². The van der Waals surface area contributed by atoms with Crippen molar-refractivity contribution < 1.29 is 4.74 Å². The van der Waals surface area contributed by atoms with Crippen molar-refractivity contribution in [2.75, 3.05) is 33.4 Å². The van der Waals surface area contributed by atoms with Gasteiger partial charge < -0.3 is 15.4 Å². The second kappa shape index (κ2) is 7.77. The van der Waals surface area contributed by atoms with Gasteiger partial charge in [-0.2, -0.15) is 0 Å². The van der Waals surface area contributed by atoms with Crippen LogP contribution in [0.1, 0.15) is 36.4 Å². The molecule has 1 saturated heterocycles. The van der Waals surface area contributed by atoms with Crippen LogP contribution < -0.4 is 5.73 Å². The number of likely N-dealkylation sites (tertiary alicyclic amines) is 1. The van der Waals surface area contributed by atoms with E-state index in [1.54, 1.807) is 7.11 Å². The highest BCUT2D eigenvalue weighted by Gasteiger charge is 2.20. The van der Waals surface area contributed by atoms with E-state index in [1.165, 1.54) is 30.5 Å². The third kappa shape index (κ3) is 4.58. The summed E-state index contributed by atoms with van der Waals surface area (Å²) >= 11 is 0. The number of methoxy groups -OCH3 is 1. The monoisotopic (exact) mass is 276 g/mol. The molecule has 1 aliphatic rings. The molecule has 0 radical (unpaired) electrons. The van der Waals surface area contributed by atoms with Gasteiger partial charge in [-0.15, -0.1) is 0 Å². The molecular weight excluding hydrogens is 248 g/mol. The van der Waals surface area contributed by atoms with Crippen LogP contribution in [0.2, 0.25) is 0 Å². The topological polar surface area (TPSA) is 38.5 Å². The lowest BCUT2D eigenvalue weighted by atomic mass is 9.97. The van der Waals surface area contributed by atoms with Crippen LogP contribution in [-0.2, 0) is 4.74 Å². The molecule has 0 spiro atoms. The molecule has 2 N–H and O–H groups in total. The fourth-order valence-electron chi connectivity index (χ4n) is 3.03. The summed E-state index contributed by atoms with van der Waals surface area (Å²) in [5, 5.41) is 0. The lowest BCUT2D eigenvalue weighted by Crippen LogP contribution is -2.38. The van der Waals surface area contributed by atoms with Gasteiger partial charge in [-0.3, -0.25) is 0 Å². The van der Waals surface area contributed by atoms with E-state index in [1.807, 2.05) is 0 Å². The first kappa shape index (κ1) is 15.5. The van der Waals surface area contributed by atoms with Crippen LogP contribution in [-0.4, -0.2) is 38.3 Å². The molecule has 112 valence electrons. The Morgan fingerprint density at radius 3 is 2.80 bits per heavy atom. The molecular formula is C17H28N2O. The van der Waals surface area contributed by atoms with Crippen molar-refractivity contribution in [3.63, 3.8) is 0 Å². The summed E-state index contributed by atoms with van der Waals surface area (Å²) in [5.74, 6) is 0.698. The van der Waals surface area contributed by atoms with Gasteiger partial charge in [-0.1, -0.05) is 29.8 Å². The van der Waals surface area contributed by atoms with E-state index >= 15 is 0 Å². The van der Waals surface area contributed by atoms with Gasteiger partial charge in [0.05, 0.1) is 6.61 Å². The van der Waals surface area contributed by atoms with E-state index in [-0.39, 0.29) is 6.04 Å². The molecule has 1 aromatic rings. The minimum absolute atomic E-state index is 0.151. The number of rotatable bonds is 6. The number of nitrogens with two attached hydrogens (primary N) is 1. The average molecular weight is 276 g/mol. The molecule has 0 bridgehead atoms. The van der Waals surface area contributed by atoms with Crippen molar-refractivity contribution in [3.8, 4) is 0 Å². The van der Waals surface area contributed by atoms with Crippen LogP contribution in [0.5, 0.6) is 0 Å². The second-order valence-electron chi connectivity index (χ2n) is 6.07. The number of hydrogen-bond acceptors (Lipinski definition) is 3. The van der Waals surface area contributed by atoms with Crippen LogP contribution in [0.3, 0.4) is 0 Å². The zero-order chi connectivity index (χ0) is 14.4. The predicted molar refractivity (Wildman–Crippen MR) is 83.8 cm³/mol. The normalized spacial score (nSPS) is 21.9. The fraction of sp³-hybridized carbons (Fsp3) is 0.647. The van der Waals surface area contributed by atoms with E-state index in [0.717, 1.165) is 26.1 Å². The molecule has 1 heterocycles. The van der Waals surface area contributed by atoms with Crippen LogP contribution in [0.15, 0.2) is 24.3 Å². The summed E-state index contributed by atoms with van der Waals surface area (Å²) in [6.07, 6.45) is 3.62. The molecule has 1 aromatic carbocycles. The molecule has 1 fully saturated rings. The van der Waals surface area contributed by atoms with Crippen molar-refractivity contribution >= 4 is 0 Å². The highest BCUT2D eigenvalue weighted by atomic mass is 16.5. The third-order valence-electron chi connectivity index (χ3n) is 4.27. The van der Waals surface area contributed by atoms with Crippen LogP contribution in [0, 0.1) is 12.8 Å². The molecule has 2 atom stereocenters. The number of ether oxygens (including phenoxy) is 1. The van der Waals surface area contributed by atoms with Gasteiger partial charge in [0.2, 0.25) is 0 Å². The number of hydrogen-bond donors (Lipinski definition) is 1. The highest BCUT2D eigenvalue weighted by Crippen LogP contribution is 2.19. The largest absolute Gasteiger partial charge is 0.384 e. The quantitative estimate of drug-likeness (QED) is 0.868.